The minimum atomic E-state index is -0.164. The summed E-state index contributed by atoms with van der Waals surface area (Å²) >= 11 is 0. The van der Waals surface area contributed by atoms with Gasteiger partial charge in [-0.1, -0.05) is 32.0 Å². The third-order valence-corrected chi connectivity index (χ3v) is 3.21. The lowest BCUT2D eigenvalue weighted by molar-refractivity contribution is 0.405. The van der Waals surface area contributed by atoms with E-state index in [1.807, 2.05) is 18.2 Å². The molecule has 90 valence electrons. The highest BCUT2D eigenvalue weighted by Crippen LogP contribution is 2.35. The zero-order chi connectivity index (χ0) is 12.6. The van der Waals surface area contributed by atoms with E-state index in [0.29, 0.717) is 6.54 Å². The Balaban J connectivity index is 2.77. The van der Waals surface area contributed by atoms with Gasteiger partial charge in [0, 0.05) is 12.0 Å². The molecule has 17 heavy (non-hydrogen) atoms. The van der Waals surface area contributed by atoms with Crippen LogP contribution < -0.4 is 5.73 Å². The van der Waals surface area contributed by atoms with Gasteiger partial charge in [0.15, 0.2) is 11.5 Å². The Bertz CT molecular complexity index is 561. The van der Waals surface area contributed by atoms with Gasteiger partial charge in [-0.2, -0.15) is 0 Å². The Hall–Kier alpha value is -1.74. The van der Waals surface area contributed by atoms with Crippen molar-refractivity contribution in [3.63, 3.8) is 0 Å². The summed E-state index contributed by atoms with van der Waals surface area (Å²) in [4.78, 5) is 0. The highest BCUT2D eigenvalue weighted by atomic mass is 16.3. The van der Waals surface area contributed by atoms with Crippen molar-refractivity contribution in [3.05, 3.63) is 35.9 Å². The third-order valence-electron chi connectivity index (χ3n) is 3.21. The van der Waals surface area contributed by atoms with Gasteiger partial charge < -0.3 is 15.9 Å². The molecule has 0 fully saturated rings. The van der Waals surface area contributed by atoms with Gasteiger partial charge in [0.25, 0.3) is 0 Å². The molecule has 0 amide bonds. The van der Waals surface area contributed by atoms with Crippen molar-refractivity contribution in [3.8, 4) is 11.5 Å². The van der Waals surface area contributed by atoms with E-state index >= 15 is 0 Å². The van der Waals surface area contributed by atoms with E-state index in [4.69, 9.17) is 5.73 Å². The molecule has 3 heteroatoms. The molecule has 3 nitrogen and oxygen atoms in total. The third kappa shape index (κ3) is 1.94. The molecule has 2 aromatic rings. The summed E-state index contributed by atoms with van der Waals surface area (Å²) in [5, 5.41) is 20.9. The summed E-state index contributed by atoms with van der Waals surface area (Å²) in [7, 11) is 0. The summed E-state index contributed by atoms with van der Waals surface area (Å²) in [5.74, 6) is -0.196. The van der Waals surface area contributed by atoms with Gasteiger partial charge in [-0.3, -0.25) is 0 Å². The predicted molar refractivity (Wildman–Crippen MR) is 69.4 cm³/mol. The number of benzene rings is 2. The van der Waals surface area contributed by atoms with Gasteiger partial charge >= 0.3 is 0 Å². The van der Waals surface area contributed by atoms with Gasteiger partial charge in [-0.15, -0.1) is 0 Å². The number of nitrogens with two attached hydrogens (primary N) is 1. The quantitative estimate of drug-likeness (QED) is 0.696. The SMILES string of the molecule is CC(C)(CN)c1cccc2cc(O)c(O)cc12. The van der Waals surface area contributed by atoms with Crippen molar-refractivity contribution in [2.24, 2.45) is 5.73 Å². The van der Waals surface area contributed by atoms with E-state index < -0.39 is 0 Å². The molecular formula is C14H17NO2. The molecule has 0 aliphatic rings. The molecule has 2 aromatic carbocycles. The molecule has 0 saturated heterocycles. The fourth-order valence-corrected chi connectivity index (χ4v) is 2.00. The molecule has 0 bridgehead atoms. The second kappa shape index (κ2) is 3.93. The van der Waals surface area contributed by atoms with Gasteiger partial charge in [0.05, 0.1) is 0 Å². The molecule has 0 radical (unpaired) electrons. The normalized spacial score (nSPS) is 11.9. The van der Waals surface area contributed by atoms with E-state index in [-0.39, 0.29) is 16.9 Å². The Labute approximate surface area is 101 Å². The fourth-order valence-electron chi connectivity index (χ4n) is 2.00. The van der Waals surface area contributed by atoms with Crippen LogP contribution in [0.5, 0.6) is 11.5 Å². The Morgan fingerprint density at radius 3 is 2.41 bits per heavy atom. The average molecular weight is 231 g/mol. The average Bonchev–Trinajstić information content (AvgIpc) is 2.30. The standard InChI is InChI=1S/C14H17NO2/c1-14(2,8-15)11-5-3-4-9-6-12(16)13(17)7-10(9)11/h3-7,16-17H,8,15H2,1-2H3. The van der Waals surface area contributed by atoms with Crippen molar-refractivity contribution >= 4 is 10.8 Å². The van der Waals surface area contributed by atoms with Crippen LogP contribution in [-0.2, 0) is 5.41 Å². The van der Waals surface area contributed by atoms with Crippen LogP contribution in [0.4, 0.5) is 0 Å². The Kier molecular flexibility index (Phi) is 2.71. The number of hydrogen-bond acceptors (Lipinski definition) is 3. The van der Waals surface area contributed by atoms with E-state index in [2.05, 4.69) is 13.8 Å². The van der Waals surface area contributed by atoms with Crippen molar-refractivity contribution in [2.75, 3.05) is 6.54 Å². The minimum Gasteiger partial charge on any atom is -0.504 e. The first-order chi connectivity index (χ1) is 7.95. The lowest BCUT2D eigenvalue weighted by Gasteiger charge is -2.25. The van der Waals surface area contributed by atoms with Crippen LogP contribution >= 0.6 is 0 Å². The van der Waals surface area contributed by atoms with Crippen molar-refractivity contribution in [1.82, 2.24) is 0 Å². The maximum Gasteiger partial charge on any atom is 0.158 e. The Morgan fingerprint density at radius 2 is 1.76 bits per heavy atom. The first kappa shape index (κ1) is 11.7. The smallest absolute Gasteiger partial charge is 0.158 e. The summed E-state index contributed by atoms with van der Waals surface area (Å²) in [6.07, 6.45) is 0. The first-order valence-electron chi connectivity index (χ1n) is 5.61. The molecule has 0 aliphatic heterocycles. The number of aromatic hydroxyl groups is 2. The van der Waals surface area contributed by atoms with Crippen LogP contribution in [0.1, 0.15) is 19.4 Å². The molecule has 0 aromatic heterocycles. The molecule has 2 rings (SSSR count). The highest BCUT2D eigenvalue weighted by Gasteiger charge is 2.21. The highest BCUT2D eigenvalue weighted by molar-refractivity contribution is 5.89. The molecule has 0 heterocycles. The second-order valence-electron chi connectivity index (χ2n) is 4.96. The molecule has 4 N–H and O–H groups in total. The zero-order valence-electron chi connectivity index (χ0n) is 10.1. The first-order valence-corrected chi connectivity index (χ1v) is 5.61. The van der Waals surface area contributed by atoms with Crippen LogP contribution in [0.3, 0.4) is 0 Å². The van der Waals surface area contributed by atoms with Gasteiger partial charge in [-0.05, 0) is 28.5 Å². The van der Waals surface area contributed by atoms with Crippen LogP contribution in [0.15, 0.2) is 30.3 Å². The summed E-state index contributed by atoms with van der Waals surface area (Å²) in [5.41, 5.74) is 6.70. The maximum absolute atomic E-state index is 9.60. The van der Waals surface area contributed by atoms with Crippen molar-refractivity contribution in [2.45, 2.75) is 19.3 Å². The Morgan fingerprint density at radius 1 is 1.12 bits per heavy atom. The van der Waals surface area contributed by atoms with E-state index in [1.54, 1.807) is 12.1 Å². The van der Waals surface area contributed by atoms with Crippen LogP contribution in [0.2, 0.25) is 0 Å². The topological polar surface area (TPSA) is 66.5 Å². The molecule has 0 unspecified atom stereocenters. The lowest BCUT2D eigenvalue weighted by Crippen LogP contribution is -2.28. The van der Waals surface area contributed by atoms with E-state index in [0.717, 1.165) is 16.3 Å². The second-order valence-corrected chi connectivity index (χ2v) is 4.96. The predicted octanol–water partition coefficient (Wildman–Crippen LogP) is 2.49. The fraction of sp³-hybridized carbons (Fsp3) is 0.286. The number of phenols is 2. The number of phenolic OH excluding ortho intramolecular Hbond substituents is 2. The van der Waals surface area contributed by atoms with Crippen LogP contribution in [0, 0.1) is 0 Å². The van der Waals surface area contributed by atoms with Gasteiger partial charge in [-0.25, -0.2) is 0 Å². The van der Waals surface area contributed by atoms with Gasteiger partial charge in [0.1, 0.15) is 0 Å². The van der Waals surface area contributed by atoms with Crippen molar-refractivity contribution in [1.29, 1.82) is 0 Å². The van der Waals surface area contributed by atoms with Crippen molar-refractivity contribution < 1.29 is 10.2 Å². The lowest BCUT2D eigenvalue weighted by atomic mass is 9.82. The molecule has 0 atom stereocenters. The minimum absolute atomic E-state index is 0.0970. The number of hydrogen-bond donors (Lipinski definition) is 3. The maximum atomic E-state index is 9.60. The van der Waals surface area contributed by atoms with Gasteiger partial charge in [0.2, 0.25) is 0 Å². The summed E-state index contributed by atoms with van der Waals surface area (Å²) < 4.78 is 0. The van der Waals surface area contributed by atoms with E-state index in [1.165, 1.54) is 0 Å². The summed E-state index contributed by atoms with van der Waals surface area (Å²) in [6.45, 7) is 4.64. The van der Waals surface area contributed by atoms with E-state index in [9.17, 15) is 10.2 Å². The van der Waals surface area contributed by atoms with Crippen LogP contribution in [-0.4, -0.2) is 16.8 Å². The summed E-state index contributed by atoms with van der Waals surface area (Å²) in [6, 6.07) is 9.01. The largest absolute Gasteiger partial charge is 0.504 e. The molecular weight excluding hydrogens is 214 g/mol. The number of rotatable bonds is 2. The molecule has 0 spiro atoms. The van der Waals surface area contributed by atoms with Crippen LogP contribution in [0.25, 0.3) is 10.8 Å². The number of fused-ring (bicyclic) bond motifs is 1. The zero-order valence-corrected chi connectivity index (χ0v) is 10.1. The molecule has 0 aliphatic carbocycles. The monoisotopic (exact) mass is 231 g/mol. The molecule has 0 saturated carbocycles.